The molecule has 10 rings (SSSR count). The standard InChI is InChI=1S/C14H21NO.C14H21NS.2C13H26N2O.C12H18F3N3O.C11H19N3/c2*1-12(13-6-4-3-5-7-13)16-14-8-10-15(2)11-9-14;1-6-15(11(2)16)13(3,4)12-7-9-14(5)10-8-12;1-5-13(15(6-2)11(3)16)12-7-9-14(4)10-8-12;1-17-4-2-10(3-5-17)18(8-12(13,14)15)7-11-6-16-9-19-11;1-10(14-7-3-6-12-14)11-4-8-13(2)9-5-11/h2*3-7,12,14H,8-11H2,1-2H3;12H,6-10H2,1-5H3;12-13H,5-10H2,1-4H3;6,9-10H,2-5,7-8H2,1H3;3,6-7,10-11H,4-5,8-9H2,1-2H3. The van der Waals surface area contributed by atoms with Crippen molar-refractivity contribution in [1.82, 2.24) is 58.9 Å². The Morgan fingerprint density at radius 2 is 1.09 bits per heavy atom. The van der Waals surface area contributed by atoms with Crippen molar-refractivity contribution in [3.05, 3.63) is 109 Å². The number of aromatic nitrogens is 3. The Morgan fingerprint density at radius 1 is 0.619 bits per heavy atom. The quantitative estimate of drug-likeness (QED) is 0.0886. The summed E-state index contributed by atoms with van der Waals surface area (Å²) in [5.41, 5.74) is 2.75. The Balaban J connectivity index is 0.000000211. The van der Waals surface area contributed by atoms with Gasteiger partial charge in [0.15, 0.2) is 6.39 Å². The molecule has 6 fully saturated rings. The molecular formula is C77H131F3N12O4S. The number of alkyl halides is 3. The second kappa shape index (κ2) is 43.4. The molecule has 0 aliphatic carbocycles. The van der Waals surface area contributed by atoms with Crippen LogP contribution in [0.3, 0.4) is 0 Å². The normalized spacial score (nSPS) is 20.6. The van der Waals surface area contributed by atoms with Crippen LogP contribution in [-0.4, -0.2) is 246 Å². The lowest BCUT2D eigenvalue weighted by molar-refractivity contribution is -0.154. The lowest BCUT2D eigenvalue weighted by atomic mass is 9.79. The number of rotatable bonds is 19. The van der Waals surface area contributed by atoms with E-state index in [9.17, 15) is 22.8 Å². The first kappa shape index (κ1) is 83.3. The second-order valence-corrected chi connectivity index (χ2v) is 30.8. The van der Waals surface area contributed by atoms with E-state index in [2.05, 4.69) is 212 Å². The first-order valence-corrected chi connectivity index (χ1v) is 37.9. The number of amides is 2. The molecule has 8 heterocycles. The topological polar surface area (TPSA) is 116 Å². The molecule has 0 N–H and O–H groups in total. The van der Waals surface area contributed by atoms with Crippen LogP contribution in [-0.2, 0) is 20.9 Å². The molecule has 0 bridgehead atoms. The summed E-state index contributed by atoms with van der Waals surface area (Å²) in [6.45, 7) is 35.5. The summed E-state index contributed by atoms with van der Waals surface area (Å²) in [6, 6.07) is 24.3. The molecule has 0 spiro atoms. The summed E-state index contributed by atoms with van der Waals surface area (Å²) < 4.78 is 51.3. The van der Waals surface area contributed by atoms with Gasteiger partial charge in [-0.1, -0.05) is 67.6 Å². The van der Waals surface area contributed by atoms with Crippen LogP contribution in [0, 0.1) is 17.8 Å². The zero-order valence-corrected chi connectivity index (χ0v) is 63.8. The third-order valence-electron chi connectivity index (χ3n) is 21.5. The fraction of sp³-hybridized carbons (Fsp3) is 0.740. The molecule has 6 aliphatic rings. The molecule has 0 radical (unpaired) electrons. The minimum Gasteiger partial charge on any atom is -0.447 e. The molecule has 2 aromatic carbocycles. The molecule has 4 unspecified atom stereocenters. The van der Waals surface area contributed by atoms with E-state index in [1.165, 1.54) is 119 Å². The molecular weight excluding hydrogens is 1250 g/mol. The minimum absolute atomic E-state index is 0.00183. The van der Waals surface area contributed by atoms with Gasteiger partial charge in [-0.3, -0.25) is 19.2 Å². The van der Waals surface area contributed by atoms with E-state index < -0.39 is 12.7 Å². The number of benzene rings is 2. The molecule has 20 heteroatoms. The highest BCUT2D eigenvalue weighted by atomic mass is 32.2. The van der Waals surface area contributed by atoms with E-state index in [4.69, 9.17) is 9.15 Å². The van der Waals surface area contributed by atoms with E-state index >= 15 is 0 Å². The van der Waals surface area contributed by atoms with Crippen LogP contribution in [0.5, 0.6) is 0 Å². The van der Waals surface area contributed by atoms with Crippen molar-refractivity contribution < 1.29 is 31.9 Å². The van der Waals surface area contributed by atoms with Crippen molar-refractivity contribution in [3.8, 4) is 0 Å². The summed E-state index contributed by atoms with van der Waals surface area (Å²) in [7, 11) is 12.9. The summed E-state index contributed by atoms with van der Waals surface area (Å²) in [6.07, 6.45) is 18.2. The second-order valence-electron chi connectivity index (χ2n) is 29.2. The number of carbonyl (C=O) groups is 2. The van der Waals surface area contributed by atoms with Crippen LogP contribution in [0.15, 0.2) is 96.1 Å². The molecule has 2 amide bonds. The Labute approximate surface area is 590 Å². The SMILES string of the molecule is CC(C1CCN(C)CC1)n1cccn1.CC(OC1CCN(C)CC1)c1ccccc1.CC(SC1CCN(C)CC1)c1ccccc1.CCC(C1CCN(C)CC1)N(CC)C(C)=O.CCN(C(C)=O)C(C)(C)C1CCN(C)CC1.CN1CCC(N(Cc2cnco2)CC(F)(F)F)CC1. The van der Waals surface area contributed by atoms with E-state index in [0.717, 1.165) is 95.6 Å². The van der Waals surface area contributed by atoms with Crippen LogP contribution in [0.1, 0.15) is 187 Å². The maximum absolute atomic E-state index is 12.7. The largest absolute Gasteiger partial charge is 0.447 e. The maximum Gasteiger partial charge on any atom is 0.401 e. The van der Waals surface area contributed by atoms with E-state index in [0.29, 0.717) is 41.0 Å². The fourth-order valence-electron chi connectivity index (χ4n) is 15.0. The maximum atomic E-state index is 12.7. The van der Waals surface area contributed by atoms with Gasteiger partial charge in [0.25, 0.3) is 0 Å². The van der Waals surface area contributed by atoms with E-state index in [1.807, 2.05) is 30.3 Å². The van der Waals surface area contributed by atoms with Crippen LogP contribution in [0.4, 0.5) is 13.2 Å². The highest BCUT2D eigenvalue weighted by molar-refractivity contribution is 8.00. The number of thioether (sulfide) groups is 1. The third-order valence-corrected chi connectivity index (χ3v) is 23.0. The molecule has 16 nitrogen and oxygen atoms in total. The average Bonchev–Trinajstić information content (AvgIpc) is 1.27. The number of likely N-dealkylation sites (tertiary alicyclic amines) is 6. The van der Waals surface area contributed by atoms with Crippen molar-refractivity contribution in [1.29, 1.82) is 0 Å². The zero-order valence-electron chi connectivity index (χ0n) is 63.0. The van der Waals surface area contributed by atoms with Gasteiger partial charge < -0.3 is 48.4 Å². The Morgan fingerprint density at radius 3 is 1.53 bits per heavy atom. The van der Waals surface area contributed by atoms with Gasteiger partial charge in [0.1, 0.15) is 5.76 Å². The Kier molecular flexibility index (Phi) is 37.3. The van der Waals surface area contributed by atoms with Gasteiger partial charge in [-0.25, -0.2) is 4.98 Å². The van der Waals surface area contributed by atoms with Crippen molar-refractivity contribution in [3.63, 3.8) is 0 Å². The highest BCUT2D eigenvalue weighted by Gasteiger charge is 2.38. The summed E-state index contributed by atoms with van der Waals surface area (Å²) >= 11 is 2.15. The third kappa shape index (κ3) is 30.0. The van der Waals surface area contributed by atoms with Gasteiger partial charge in [-0.05, 0) is 275 Å². The van der Waals surface area contributed by atoms with Crippen LogP contribution in [0.25, 0.3) is 0 Å². The van der Waals surface area contributed by atoms with Crippen molar-refractivity contribution in [2.24, 2.45) is 17.8 Å². The van der Waals surface area contributed by atoms with Gasteiger partial charge in [-0.2, -0.15) is 30.0 Å². The van der Waals surface area contributed by atoms with Gasteiger partial charge >= 0.3 is 6.18 Å². The van der Waals surface area contributed by atoms with Crippen molar-refractivity contribution in [2.75, 3.05) is 140 Å². The predicted molar refractivity (Wildman–Crippen MR) is 395 cm³/mol. The number of hydrogen-bond donors (Lipinski definition) is 0. The molecule has 4 atom stereocenters. The molecule has 4 aromatic rings. The number of halogens is 3. The number of hydrogen-bond acceptors (Lipinski definition) is 14. The van der Waals surface area contributed by atoms with E-state index in [-0.39, 0.29) is 36.0 Å². The molecule has 0 saturated carbocycles. The van der Waals surface area contributed by atoms with Crippen LogP contribution >= 0.6 is 11.8 Å². The molecule has 6 saturated heterocycles. The van der Waals surface area contributed by atoms with Gasteiger partial charge in [0, 0.05) is 80.5 Å². The van der Waals surface area contributed by atoms with Gasteiger partial charge in [0.05, 0.1) is 37.5 Å². The number of ether oxygens (including phenoxy) is 1. The number of oxazole rings is 1. The number of carbonyl (C=O) groups excluding carboxylic acids is 2. The number of piperidine rings is 6. The molecule has 2 aromatic heterocycles. The molecule has 97 heavy (non-hydrogen) atoms. The first-order chi connectivity index (χ1) is 46.2. The van der Waals surface area contributed by atoms with Crippen LogP contribution < -0.4 is 0 Å². The Bertz CT molecular complexity index is 2590. The highest BCUT2D eigenvalue weighted by Crippen LogP contribution is 2.37. The van der Waals surface area contributed by atoms with Gasteiger partial charge in [0.2, 0.25) is 11.8 Å². The van der Waals surface area contributed by atoms with Crippen molar-refractivity contribution >= 4 is 23.6 Å². The summed E-state index contributed by atoms with van der Waals surface area (Å²) in [5.74, 6) is 3.03. The monoisotopic (exact) mass is 1380 g/mol. The number of nitrogens with zero attached hydrogens (tertiary/aromatic N) is 12. The fourth-order valence-corrected chi connectivity index (χ4v) is 16.4. The van der Waals surface area contributed by atoms with E-state index in [1.54, 1.807) is 13.8 Å². The zero-order chi connectivity index (χ0) is 71.1. The molecule has 6 aliphatic heterocycles. The lowest BCUT2D eigenvalue weighted by Crippen LogP contribution is -2.54. The minimum atomic E-state index is -4.19. The summed E-state index contributed by atoms with van der Waals surface area (Å²) in [4.78, 5) is 46.6. The molecule has 550 valence electrons. The van der Waals surface area contributed by atoms with Crippen molar-refractivity contribution in [2.45, 2.75) is 212 Å². The first-order valence-electron chi connectivity index (χ1n) is 37.0. The lowest BCUT2D eigenvalue weighted by Gasteiger charge is -2.46. The Hall–Kier alpha value is -4.38. The van der Waals surface area contributed by atoms with Crippen LogP contribution in [0.2, 0.25) is 0 Å². The van der Waals surface area contributed by atoms with Gasteiger partial charge in [-0.15, -0.1) is 0 Å². The average molecular weight is 1380 g/mol. The smallest absolute Gasteiger partial charge is 0.401 e. The summed E-state index contributed by atoms with van der Waals surface area (Å²) in [5, 5.41) is 5.80. The predicted octanol–water partition coefficient (Wildman–Crippen LogP) is 14.3.